The highest BCUT2D eigenvalue weighted by molar-refractivity contribution is 6.19. The number of benzene rings is 1. The third kappa shape index (κ3) is 3.60. The molecule has 3 heteroatoms. The number of hydrogen-bond acceptors (Lipinski definition) is 3. The summed E-state index contributed by atoms with van der Waals surface area (Å²) >= 11 is 0. The van der Waals surface area contributed by atoms with Gasteiger partial charge in [-0.05, 0) is 43.2 Å². The van der Waals surface area contributed by atoms with E-state index in [2.05, 4.69) is 18.4 Å². The van der Waals surface area contributed by atoms with E-state index in [9.17, 15) is 9.59 Å². The predicted molar refractivity (Wildman–Crippen MR) is 89.7 cm³/mol. The Labute approximate surface area is 131 Å². The van der Waals surface area contributed by atoms with Crippen LogP contribution in [0.25, 0.3) is 12.2 Å². The Morgan fingerprint density at radius 1 is 1.23 bits per heavy atom. The monoisotopic (exact) mass is 297 g/mol. The number of carbonyl (C=O) groups excluding carboxylic acids is 2. The topological polar surface area (TPSA) is 37.4 Å². The average Bonchev–Trinajstić information content (AvgIpc) is 2.43. The number of Topliss-reactive ketones (excluding diaryl/α,β-unsaturated/α-hetero) is 2. The van der Waals surface area contributed by atoms with Gasteiger partial charge in [-0.2, -0.15) is 0 Å². The molecule has 0 atom stereocenters. The van der Waals surface area contributed by atoms with E-state index in [1.54, 1.807) is 13.8 Å². The average molecular weight is 297 g/mol. The lowest BCUT2D eigenvalue weighted by Crippen LogP contribution is -2.38. The number of nitrogens with zero attached hydrogens (tertiary/aromatic N) is 1. The van der Waals surface area contributed by atoms with Crippen molar-refractivity contribution in [3.05, 3.63) is 45.8 Å². The highest BCUT2D eigenvalue weighted by Gasteiger charge is 2.22. The minimum atomic E-state index is 0.0510. The minimum absolute atomic E-state index is 0.0510. The van der Waals surface area contributed by atoms with Crippen LogP contribution in [-0.2, 0) is 9.59 Å². The molecule has 3 nitrogen and oxygen atoms in total. The zero-order valence-electron chi connectivity index (χ0n) is 13.6. The van der Waals surface area contributed by atoms with E-state index in [1.807, 2.05) is 24.3 Å². The molecule has 0 bridgehead atoms. The van der Waals surface area contributed by atoms with Gasteiger partial charge in [-0.15, -0.1) is 0 Å². The van der Waals surface area contributed by atoms with Gasteiger partial charge in [0, 0.05) is 18.7 Å². The highest BCUT2D eigenvalue weighted by atomic mass is 16.1. The van der Waals surface area contributed by atoms with Crippen molar-refractivity contribution in [1.29, 1.82) is 0 Å². The van der Waals surface area contributed by atoms with E-state index in [-0.39, 0.29) is 11.6 Å². The van der Waals surface area contributed by atoms with Crippen molar-refractivity contribution < 1.29 is 9.59 Å². The summed E-state index contributed by atoms with van der Waals surface area (Å²) in [4.78, 5) is 25.8. The first-order valence-electron chi connectivity index (χ1n) is 7.60. The Balaban J connectivity index is 2.57. The summed E-state index contributed by atoms with van der Waals surface area (Å²) in [6.07, 6.45) is 0.888. The molecular formula is C19H23NO2. The molecule has 1 heterocycles. The number of hydrogen-bond donors (Lipinski definition) is 0. The lowest BCUT2D eigenvalue weighted by atomic mass is 9.90. The Morgan fingerprint density at radius 2 is 1.91 bits per heavy atom. The molecule has 0 N–H and O–H groups in total. The summed E-state index contributed by atoms with van der Waals surface area (Å²) in [5.41, 5.74) is 3.03. The van der Waals surface area contributed by atoms with Crippen molar-refractivity contribution in [2.45, 2.75) is 27.2 Å². The Morgan fingerprint density at radius 3 is 2.50 bits per heavy atom. The van der Waals surface area contributed by atoms with Gasteiger partial charge in [-0.25, -0.2) is 0 Å². The highest BCUT2D eigenvalue weighted by Crippen LogP contribution is 2.24. The SMILES string of the molecule is C=c1cccc/c1=C(\C(C)=O)C1=C(C)CCN(CC(C)=O)C1. The summed E-state index contributed by atoms with van der Waals surface area (Å²) < 4.78 is 0. The van der Waals surface area contributed by atoms with Crippen LogP contribution >= 0.6 is 0 Å². The van der Waals surface area contributed by atoms with E-state index in [0.29, 0.717) is 13.1 Å². The van der Waals surface area contributed by atoms with Crippen LogP contribution in [0.4, 0.5) is 0 Å². The van der Waals surface area contributed by atoms with Crippen molar-refractivity contribution in [2.24, 2.45) is 0 Å². The molecule has 22 heavy (non-hydrogen) atoms. The van der Waals surface area contributed by atoms with Crippen LogP contribution in [0.15, 0.2) is 35.4 Å². The summed E-state index contributed by atoms with van der Waals surface area (Å²) in [5.74, 6) is 0.205. The molecule has 0 fully saturated rings. The van der Waals surface area contributed by atoms with E-state index in [1.165, 1.54) is 5.57 Å². The van der Waals surface area contributed by atoms with Crippen molar-refractivity contribution in [2.75, 3.05) is 19.6 Å². The normalized spacial score (nSPS) is 17.4. The molecule has 0 amide bonds. The Bertz CT molecular complexity index is 743. The quantitative estimate of drug-likeness (QED) is 0.844. The van der Waals surface area contributed by atoms with Crippen molar-refractivity contribution in [3.63, 3.8) is 0 Å². The zero-order chi connectivity index (χ0) is 16.3. The third-order valence-corrected chi connectivity index (χ3v) is 4.09. The molecular weight excluding hydrogens is 274 g/mol. The van der Waals surface area contributed by atoms with Crippen LogP contribution in [0.2, 0.25) is 0 Å². The maximum Gasteiger partial charge on any atom is 0.160 e. The zero-order valence-corrected chi connectivity index (χ0v) is 13.6. The molecule has 0 saturated heterocycles. The van der Waals surface area contributed by atoms with Gasteiger partial charge in [-0.3, -0.25) is 14.5 Å². The van der Waals surface area contributed by atoms with Gasteiger partial charge in [0.05, 0.1) is 6.54 Å². The van der Waals surface area contributed by atoms with Gasteiger partial charge in [-0.1, -0.05) is 36.4 Å². The molecule has 1 aliphatic heterocycles. The van der Waals surface area contributed by atoms with Gasteiger partial charge >= 0.3 is 0 Å². The predicted octanol–water partition coefficient (Wildman–Crippen LogP) is 1.45. The molecule has 1 aromatic carbocycles. The van der Waals surface area contributed by atoms with Gasteiger partial charge in [0.15, 0.2) is 5.78 Å². The molecule has 0 spiro atoms. The Hall–Kier alpha value is -2.00. The van der Waals surface area contributed by atoms with Gasteiger partial charge in [0.1, 0.15) is 5.78 Å². The van der Waals surface area contributed by atoms with E-state index in [4.69, 9.17) is 0 Å². The molecule has 0 unspecified atom stereocenters. The summed E-state index contributed by atoms with van der Waals surface area (Å²) in [5, 5.41) is 1.76. The second kappa shape index (κ2) is 6.84. The van der Waals surface area contributed by atoms with Crippen LogP contribution in [0.3, 0.4) is 0 Å². The third-order valence-electron chi connectivity index (χ3n) is 4.09. The maximum absolute atomic E-state index is 12.3. The van der Waals surface area contributed by atoms with Crippen LogP contribution in [0, 0.1) is 0 Å². The van der Waals surface area contributed by atoms with Crippen molar-refractivity contribution >= 4 is 23.7 Å². The fourth-order valence-corrected chi connectivity index (χ4v) is 2.99. The van der Waals surface area contributed by atoms with Crippen molar-refractivity contribution in [3.8, 4) is 0 Å². The Kier molecular flexibility index (Phi) is 5.09. The number of ketones is 2. The van der Waals surface area contributed by atoms with Crippen LogP contribution < -0.4 is 10.4 Å². The molecule has 116 valence electrons. The first-order valence-corrected chi connectivity index (χ1v) is 7.60. The summed E-state index contributed by atoms with van der Waals surface area (Å²) in [7, 11) is 0. The van der Waals surface area contributed by atoms with Gasteiger partial charge < -0.3 is 0 Å². The smallest absolute Gasteiger partial charge is 0.160 e. The summed E-state index contributed by atoms with van der Waals surface area (Å²) in [6, 6.07) is 7.72. The second-order valence-corrected chi connectivity index (χ2v) is 6.01. The van der Waals surface area contributed by atoms with Crippen LogP contribution in [0.1, 0.15) is 27.2 Å². The molecule has 0 saturated carbocycles. The maximum atomic E-state index is 12.3. The summed E-state index contributed by atoms with van der Waals surface area (Å²) in [6.45, 7) is 11.3. The van der Waals surface area contributed by atoms with E-state index >= 15 is 0 Å². The van der Waals surface area contributed by atoms with E-state index in [0.717, 1.165) is 34.5 Å². The largest absolute Gasteiger partial charge is 0.299 e. The molecule has 0 aromatic heterocycles. The number of rotatable bonds is 4. The van der Waals surface area contributed by atoms with E-state index < -0.39 is 0 Å². The second-order valence-electron chi connectivity index (χ2n) is 6.01. The fourth-order valence-electron chi connectivity index (χ4n) is 2.99. The molecule has 2 rings (SSSR count). The lowest BCUT2D eigenvalue weighted by molar-refractivity contribution is -0.118. The van der Waals surface area contributed by atoms with Crippen LogP contribution in [0.5, 0.6) is 0 Å². The molecule has 0 aliphatic carbocycles. The standard InChI is InChI=1S/C19H23NO2/c1-13-7-5-6-8-17(13)19(16(4)22)18-12-20(11-15(3)21)10-9-14(18)2/h5-8H,1,9-12H2,2-4H3/b19-17-. The molecule has 0 radical (unpaired) electrons. The van der Waals surface area contributed by atoms with Crippen molar-refractivity contribution in [1.82, 2.24) is 4.90 Å². The molecule has 1 aromatic rings. The minimum Gasteiger partial charge on any atom is -0.299 e. The first-order chi connectivity index (χ1) is 10.4. The number of carbonyl (C=O) groups is 2. The van der Waals surface area contributed by atoms with Crippen LogP contribution in [-0.4, -0.2) is 36.1 Å². The first kappa shape index (κ1) is 16.4. The van der Waals surface area contributed by atoms with Gasteiger partial charge in [0.25, 0.3) is 0 Å². The van der Waals surface area contributed by atoms with Gasteiger partial charge in [0.2, 0.25) is 0 Å². The molecule has 1 aliphatic rings. The fraction of sp³-hybridized carbons (Fsp3) is 0.368. The lowest BCUT2D eigenvalue weighted by Gasteiger charge is -2.30.